The molecule has 3 fully saturated rings. The maximum Gasteiger partial charge on any atom is 0.251 e. The van der Waals surface area contributed by atoms with Crippen molar-refractivity contribution in [3.63, 3.8) is 0 Å². The third-order valence-corrected chi connectivity index (χ3v) is 3.25. The Morgan fingerprint density at radius 2 is 1.67 bits per heavy atom. The molecule has 0 radical (unpaired) electrons. The molecule has 0 aliphatic carbocycles. The zero-order valence-electron chi connectivity index (χ0n) is 10.5. The molecule has 0 bridgehead atoms. The molecule has 3 rings (SSSR count). The van der Waals surface area contributed by atoms with Gasteiger partial charge in [0.2, 0.25) is 0 Å². The molecular weight excluding hydrogens is 238 g/mol. The fourth-order valence-corrected chi connectivity index (χ4v) is 1.84. The molecule has 0 aromatic heterocycles. The predicted molar refractivity (Wildman–Crippen MR) is 61.2 cm³/mol. The van der Waals surface area contributed by atoms with Crippen molar-refractivity contribution >= 4 is 5.91 Å². The highest BCUT2D eigenvalue weighted by molar-refractivity contribution is 5.80. The van der Waals surface area contributed by atoms with Gasteiger partial charge in [-0.05, 0) is 6.92 Å². The first-order valence-corrected chi connectivity index (χ1v) is 6.47. The molecule has 0 N–H and O–H groups in total. The molecular formula is C12H19NO5. The largest absolute Gasteiger partial charge is 0.371 e. The smallest absolute Gasteiger partial charge is 0.251 e. The molecule has 3 saturated heterocycles. The number of ether oxygens (including phenoxy) is 4. The molecule has 3 heterocycles. The second-order valence-corrected chi connectivity index (χ2v) is 5.08. The first kappa shape index (κ1) is 12.3. The Morgan fingerprint density at radius 1 is 1.17 bits per heavy atom. The molecule has 3 aliphatic rings. The van der Waals surface area contributed by atoms with Crippen LogP contribution in [-0.4, -0.2) is 74.7 Å². The van der Waals surface area contributed by atoms with Gasteiger partial charge in [0, 0.05) is 13.1 Å². The summed E-state index contributed by atoms with van der Waals surface area (Å²) in [5.41, 5.74) is 0. The minimum Gasteiger partial charge on any atom is -0.371 e. The van der Waals surface area contributed by atoms with E-state index in [0.29, 0.717) is 19.7 Å². The first-order valence-electron chi connectivity index (χ1n) is 6.47. The van der Waals surface area contributed by atoms with E-state index < -0.39 is 6.10 Å². The number of rotatable bonds is 8. The maximum absolute atomic E-state index is 12.3. The number of nitrogens with zero attached hydrogens (tertiary/aromatic N) is 1. The summed E-state index contributed by atoms with van der Waals surface area (Å²) < 4.78 is 20.9. The highest BCUT2D eigenvalue weighted by Gasteiger charge is 2.35. The molecule has 0 aromatic rings. The molecule has 0 spiro atoms. The van der Waals surface area contributed by atoms with Crippen LogP contribution in [0.3, 0.4) is 0 Å². The lowest BCUT2D eigenvalue weighted by molar-refractivity contribution is -0.143. The minimum absolute atomic E-state index is 0.0154. The Kier molecular flexibility index (Phi) is 3.52. The average Bonchev–Trinajstić information content (AvgIpc) is 3.20. The monoisotopic (exact) mass is 257 g/mol. The highest BCUT2D eigenvalue weighted by atomic mass is 16.6. The molecule has 3 aliphatic heterocycles. The zero-order chi connectivity index (χ0) is 12.5. The van der Waals surface area contributed by atoms with E-state index in [0.717, 1.165) is 19.8 Å². The Labute approximate surface area is 106 Å². The molecule has 6 heteroatoms. The summed E-state index contributed by atoms with van der Waals surface area (Å²) in [6.07, 6.45) is 0.164. The predicted octanol–water partition coefficient (Wildman–Crippen LogP) is -0.583. The summed E-state index contributed by atoms with van der Waals surface area (Å²) in [4.78, 5) is 14.1. The van der Waals surface area contributed by atoms with E-state index in [-0.39, 0.29) is 24.2 Å². The van der Waals surface area contributed by atoms with Crippen molar-refractivity contribution in [2.75, 3.05) is 39.5 Å². The maximum atomic E-state index is 12.3. The Hall–Kier alpha value is -0.690. The van der Waals surface area contributed by atoms with E-state index in [1.807, 2.05) is 0 Å². The molecule has 102 valence electrons. The van der Waals surface area contributed by atoms with Gasteiger partial charge in [0.15, 0.2) is 0 Å². The van der Waals surface area contributed by atoms with E-state index in [4.69, 9.17) is 18.9 Å². The molecule has 6 nitrogen and oxygen atoms in total. The number of epoxide rings is 3. The number of carbonyl (C=O) groups is 1. The van der Waals surface area contributed by atoms with Crippen LogP contribution in [0.15, 0.2) is 0 Å². The van der Waals surface area contributed by atoms with Crippen LogP contribution in [0.4, 0.5) is 0 Å². The van der Waals surface area contributed by atoms with Crippen molar-refractivity contribution < 1.29 is 23.7 Å². The fourth-order valence-electron chi connectivity index (χ4n) is 1.84. The molecule has 4 unspecified atom stereocenters. The van der Waals surface area contributed by atoms with Crippen LogP contribution in [0, 0.1) is 0 Å². The van der Waals surface area contributed by atoms with Gasteiger partial charge < -0.3 is 23.8 Å². The van der Waals surface area contributed by atoms with Crippen molar-refractivity contribution in [3.05, 3.63) is 0 Å². The van der Waals surface area contributed by atoms with Gasteiger partial charge in [0.05, 0.1) is 38.6 Å². The number of hydrogen-bond acceptors (Lipinski definition) is 5. The first-order chi connectivity index (χ1) is 8.72. The standard InChI is InChI=1S/C12H19NO5/c1-8(15-6-11-7-18-11)12(14)13(2-9-4-16-9)3-10-5-17-10/h8-11H,2-7H2,1H3. The van der Waals surface area contributed by atoms with Gasteiger partial charge in [-0.3, -0.25) is 4.79 Å². The van der Waals surface area contributed by atoms with Gasteiger partial charge in [0.1, 0.15) is 12.2 Å². The Balaban J connectivity index is 1.47. The molecule has 18 heavy (non-hydrogen) atoms. The summed E-state index contributed by atoms with van der Waals surface area (Å²) in [6.45, 7) is 5.83. The van der Waals surface area contributed by atoms with Crippen LogP contribution >= 0.6 is 0 Å². The summed E-state index contributed by atoms with van der Waals surface area (Å²) >= 11 is 0. The topological polar surface area (TPSA) is 67.1 Å². The Morgan fingerprint density at radius 3 is 2.11 bits per heavy atom. The van der Waals surface area contributed by atoms with E-state index in [2.05, 4.69) is 0 Å². The second-order valence-electron chi connectivity index (χ2n) is 5.08. The molecule has 4 atom stereocenters. The summed E-state index contributed by atoms with van der Waals surface area (Å²) in [5.74, 6) is 0.0154. The highest BCUT2D eigenvalue weighted by Crippen LogP contribution is 2.17. The third-order valence-electron chi connectivity index (χ3n) is 3.25. The van der Waals surface area contributed by atoms with E-state index in [9.17, 15) is 4.79 Å². The normalized spacial score (nSPS) is 33.9. The van der Waals surface area contributed by atoms with Crippen LogP contribution in [0.1, 0.15) is 6.92 Å². The number of carbonyl (C=O) groups excluding carboxylic acids is 1. The van der Waals surface area contributed by atoms with Gasteiger partial charge in [0.25, 0.3) is 5.91 Å². The average molecular weight is 257 g/mol. The molecule has 0 saturated carbocycles. The SMILES string of the molecule is CC(OCC1CO1)C(=O)N(CC1CO1)CC1CO1. The third kappa shape index (κ3) is 3.65. The Bertz CT molecular complexity index is 298. The van der Waals surface area contributed by atoms with Crippen molar-refractivity contribution in [2.24, 2.45) is 0 Å². The zero-order valence-corrected chi connectivity index (χ0v) is 10.5. The number of hydrogen-bond donors (Lipinski definition) is 0. The van der Waals surface area contributed by atoms with Crippen LogP contribution in [0.5, 0.6) is 0 Å². The van der Waals surface area contributed by atoms with Crippen LogP contribution in [0.25, 0.3) is 0 Å². The summed E-state index contributed by atoms with van der Waals surface area (Å²) in [6, 6.07) is 0. The van der Waals surface area contributed by atoms with Crippen LogP contribution < -0.4 is 0 Å². The lowest BCUT2D eigenvalue weighted by Crippen LogP contribution is -2.43. The summed E-state index contributed by atoms with van der Waals surface area (Å²) in [7, 11) is 0. The van der Waals surface area contributed by atoms with E-state index >= 15 is 0 Å². The van der Waals surface area contributed by atoms with Gasteiger partial charge in [-0.2, -0.15) is 0 Å². The quantitative estimate of drug-likeness (QED) is 0.544. The van der Waals surface area contributed by atoms with Crippen LogP contribution in [-0.2, 0) is 23.7 Å². The van der Waals surface area contributed by atoms with Gasteiger partial charge in [-0.15, -0.1) is 0 Å². The molecule has 1 amide bonds. The van der Waals surface area contributed by atoms with Crippen LogP contribution in [0.2, 0.25) is 0 Å². The second kappa shape index (κ2) is 5.13. The van der Waals surface area contributed by atoms with Gasteiger partial charge in [-0.25, -0.2) is 0 Å². The van der Waals surface area contributed by atoms with Crippen molar-refractivity contribution in [2.45, 2.75) is 31.3 Å². The van der Waals surface area contributed by atoms with Crippen molar-refractivity contribution in [1.82, 2.24) is 4.90 Å². The fraction of sp³-hybridized carbons (Fsp3) is 0.917. The van der Waals surface area contributed by atoms with E-state index in [1.165, 1.54) is 0 Å². The number of amides is 1. The van der Waals surface area contributed by atoms with Gasteiger partial charge >= 0.3 is 0 Å². The lowest BCUT2D eigenvalue weighted by atomic mass is 10.3. The van der Waals surface area contributed by atoms with Crippen molar-refractivity contribution in [1.29, 1.82) is 0 Å². The van der Waals surface area contributed by atoms with E-state index in [1.54, 1.807) is 11.8 Å². The summed E-state index contributed by atoms with van der Waals surface area (Å²) in [5, 5.41) is 0. The minimum atomic E-state index is -0.424. The lowest BCUT2D eigenvalue weighted by Gasteiger charge is -2.24. The van der Waals surface area contributed by atoms with Crippen molar-refractivity contribution in [3.8, 4) is 0 Å². The molecule has 0 aromatic carbocycles. The van der Waals surface area contributed by atoms with Gasteiger partial charge in [-0.1, -0.05) is 0 Å².